The summed E-state index contributed by atoms with van der Waals surface area (Å²) in [7, 11) is 1.72. The Morgan fingerprint density at radius 2 is 1.66 bits per heavy atom. The molecular weight excluding hydrogens is 542 g/mol. The van der Waals surface area contributed by atoms with Gasteiger partial charge in [-0.2, -0.15) is 0 Å². The van der Waals surface area contributed by atoms with Crippen LogP contribution in [0.15, 0.2) is 78.9 Å². The van der Waals surface area contributed by atoms with E-state index in [0.717, 1.165) is 5.56 Å². The molecule has 4 aliphatic heterocycles. The first-order valence-electron chi connectivity index (χ1n) is 14.1. The Balaban J connectivity index is 1.53. The summed E-state index contributed by atoms with van der Waals surface area (Å²) in [6.45, 7) is 2.20. The molecule has 4 aliphatic rings. The summed E-state index contributed by atoms with van der Waals surface area (Å²) in [5.74, 6) is -2.68. The number of fused-ring (bicyclic) bond motifs is 2. The van der Waals surface area contributed by atoms with Crippen LogP contribution in [0, 0.1) is 11.8 Å². The molecule has 2 aromatic rings. The van der Waals surface area contributed by atoms with Crippen molar-refractivity contribution in [2.24, 2.45) is 11.8 Å². The highest BCUT2D eigenvalue weighted by Gasteiger charge is 2.75. The molecule has 2 fully saturated rings. The van der Waals surface area contributed by atoms with Crippen molar-refractivity contribution in [1.82, 2.24) is 9.80 Å². The van der Waals surface area contributed by atoms with Gasteiger partial charge in [-0.15, -0.1) is 0 Å². The molecule has 0 aliphatic carbocycles. The number of aliphatic hydroxyl groups is 1. The molecule has 2 aromatic carbocycles. The van der Waals surface area contributed by atoms with Gasteiger partial charge >= 0.3 is 0 Å². The number of para-hydroxylation sites is 1. The zero-order valence-corrected chi connectivity index (χ0v) is 23.9. The second kappa shape index (κ2) is 10.4. The van der Waals surface area contributed by atoms with Gasteiger partial charge in [0, 0.05) is 20.1 Å². The van der Waals surface area contributed by atoms with Gasteiger partial charge in [-0.25, -0.2) is 0 Å². The van der Waals surface area contributed by atoms with Crippen LogP contribution in [-0.2, 0) is 25.5 Å². The maximum atomic E-state index is 14.7. The SMILES string of the molecule is CC[C@]12C=CCN(C)C(=O)[C@H]1[C@H]1C(=O)N([C@@H](CO)Cc3ccccc3)C3C(=O)N(c4ccccc4Cl)CC=C[C@@]31O2. The van der Waals surface area contributed by atoms with Crippen LogP contribution >= 0.6 is 11.6 Å². The third-order valence-corrected chi connectivity index (χ3v) is 9.46. The van der Waals surface area contributed by atoms with Gasteiger partial charge in [0.1, 0.15) is 11.6 Å². The van der Waals surface area contributed by atoms with Crippen molar-refractivity contribution in [2.75, 3.05) is 31.6 Å². The maximum Gasteiger partial charge on any atom is 0.253 e. The van der Waals surface area contributed by atoms with E-state index in [9.17, 15) is 19.5 Å². The first-order chi connectivity index (χ1) is 19.8. The Kier molecular flexibility index (Phi) is 7.04. The molecule has 6 rings (SSSR count). The van der Waals surface area contributed by atoms with Gasteiger partial charge in [0.2, 0.25) is 11.8 Å². The lowest BCUT2D eigenvalue weighted by Gasteiger charge is -2.41. The second-order valence-electron chi connectivity index (χ2n) is 11.3. The Bertz CT molecular complexity index is 1430. The van der Waals surface area contributed by atoms with Crippen molar-refractivity contribution in [3.8, 4) is 0 Å². The third-order valence-electron chi connectivity index (χ3n) is 9.14. The van der Waals surface area contributed by atoms with E-state index >= 15 is 0 Å². The van der Waals surface area contributed by atoms with Gasteiger partial charge in [-0.3, -0.25) is 14.4 Å². The van der Waals surface area contributed by atoms with Gasteiger partial charge in [-0.05, 0) is 30.5 Å². The number of carbonyl (C=O) groups is 3. The molecule has 3 amide bonds. The lowest BCUT2D eigenvalue weighted by atomic mass is 9.73. The van der Waals surface area contributed by atoms with E-state index in [1.807, 2.05) is 61.6 Å². The van der Waals surface area contributed by atoms with Crippen LogP contribution in [0.3, 0.4) is 0 Å². The molecule has 6 atom stereocenters. The number of likely N-dealkylation sites (tertiary alicyclic amines) is 1. The molecule has 8 nitrogen and oxygen atoms in total. The van der Waals surface area contributed by atoms with Crippen molar-refractivity contribution in [1.29, 1.82) is 0 Å². The molecule has 41 heavy (non-hydrogen) atoms. The van der Waals surface area contributed by atoms with E-state index < -0.39 is 35.1 Å². The lowest BCUT2D eigenvalue weighted by molar-refractivity contribution is -0.152. The molecule has 0 bridgehead atoms. The van der Waals surface area contributed by atoms with E-state index in [0.29, 0.717) is 30.1 Å². The highest BCUT2D eigenvalue weighted by molar-refractivity contribution is 6.34. The number of rotatable bonds is 6. The van der Waals surface area contributed by atoms with Gasteiger partial charge in [-0.1, -0.05) is 85.3 Å². The van der Waals surface area contributed by atoms with Crippen molar-refractivity contribution >= 4 is 35.0 Å². The Labute approximate surface area is 244 Å². The number of ether oxygens (including phenoxy) is 1. The van der Waals surface area contributed by atoms with E-state index in [-0.39, 0.29) is 30.9 Å². The van der Waals surface area contributed by atoms with Gasteiger partial charge in [0.25, 0.3) is 5.91 Å². The fourth-order valence-corrected chi connectivity index (χ4v) is 7.48. The van der Waals surface area contributed by atoms with Crippen LogP contribution in [-0.4, -0.2) is 82.7 Å². The number of benzene rings is 2. The topological polar surface area (TPSA) is 90.4 Å². The summed E-state index contributed by atoms with van der Waals surface area (Å²) in [5.41, 5.74) is -1.02. The molecule has 9 heteroatoms. The zero-order chi connectivity index (χ0) is 28.9. The van der Waals surface area contributed by atoms with Crippen LogP contribution in [0.2, 0.25) is 5.02 Å². The first kappa shape index (κ1) is 27.7. The maximum absolute atomic E-state index is 14.7. The van der Waals surface area contributed by atoms with Crippen LogP contribution < -0.4 is 4.90 Å². The van der Waals surface area contributed by atoms with Crippen LogP contribution in [0.5, 0.6) is 0 Å². The largest absolute Gasteiger partial charge is 0.394 e. The van der Waals surface area contributed by atoms with E-state index in [4.69, 9.17) is 16.3 Å². The average molecular weight is 576 g/mol. The minimum Gasteiger partial charge on any atom is -0.394 e. The van der Waals surface area contributed by atoms with Gasteiger partial charge in [0.15, 0.2) is 0 Å². The molecule has 1 spiro atoms. The van der Waals surface area contributed by atoms with Crippen LogP contribution in [0.4, 0.5) is 5.69 Å². The lowest BCUT2D eigenvalue weighted by Crippen LogP contribution is -2.59. The monoisotopic (exact) mass is 575 g/mol. The van der Waals surface area contributed by atoms with E-state index in [1.165, 1.54) is 4.90 Å². The van der Waals surface area contributed by atoms with Crippen molar-refractivity contribution in [2.45, 2.75) is 43.1 Å². The van der Waals surface area contributed by atoms with Crippen LogP contribution in [0.25, 0.3) is 0 Å². The minimum atomic E-state index is -1.41. The predicted octanol–water partition coefficient (Wildman–Crippen LogP) is 3.24. The molecule has 0 aromatic heterocycles. The Morgan fingerprint density at radius 3 is 2.37 bits per heavy atom. The Morgan fingerprint density at radius 1 is 0.951 bits per heavy atom. The highest BCUT2D eigenvalue weighted by atomic mass is 35.5. The molecule has 1 N–H and O–H groups in total. The summed E-state index contributed by atoms with van der Waals surface area (Å²) in [6.07, 6.45) is 8.25. The van der Waals surface area contributed by atoms with Crippen molar-refractivity contribution < 1.29 is 24.2 Å². The quantitative estimate of drug-likeness (QED) is 0.534. The average Bonchev–Trinajstić information content (AvgIpc) is 3.29. The number of halogens is 1. The normalized spacial score (nSPS) is 31.6. The highest BCUT2D eigenvalue weighted by Crippen LogP contribution is 2.59. The molecule has 214 valence electrons. The number of nitrogens with zero attached hydrogens (tertiary/aromatic N) is 3. The van der Waals surface area contributed by atoms with Crippen molar-refractivity contribution in [3.05, 3.63) is 89.5 Å². The zero-order valence-electron chi connectivity index (χ0n) is 23.2. The summed E-state index contributed by atoms with van der Waals surface area (Å²) < 4.78 is 6.98. The Hall–Kier alpha value is -3.46. The van der Waals surface area contributed by atoms with Crippen LogP contribution in [0.1, 0.15) is 18.9 Å². The van der Waals surface area contributed by atoms with E-state index in [2.05, 4.69) is 0 Å². The summed E-state index contributed by atoms with van der Waals surface area (Å²) in [5, 5.41) is 11.1. The number of hydrogen-bond acceptors (Lipinski definition) is 5. The number of carbonyl (C=O) groups excluding carboxylic acids is 3. The molecule has 2 saturated heterocycles. The number of likely N-dealkylation sites (N-methyl/N-ethyl adjacent to an activating group) is 1. The molecule has 4 heterocycles. The minimum absolute atomic E-state index is 0.190. The smallest absolute Gasteiger partial charge is 0.253 e. The molecular formula is C32H34ClN3O5. The van der Waals surface area contributed by atoms with Gasteiger partial charge < -0.3 is 24.5 Å². The van der Waals surface area contributed by atoms with Gasteiger partial charge in [0.05, 0.1) is 40.8 Å². The summed E-state index contributed by atoms with van der Waals surface area (Å²) in [4.78, 5) is 48.0. The second-order valence-corrected chi connectivity index (χ2v) is 11.7. The number of hydrogen-bond donors (Lipinski definition) is 1. The summed E-state index contributed by atoms with van der Waals surface area (Å²) >= 11 is 6.56. The fraction of sp³-hybridized carbons (Fsp3) is 0.406. The standard InChI is InChI=1S/C32H34ClN3O5/c1-3-31-15-9-17-34(2)28(38)25(31)26-29(39)36(22(20-37)19-21-11-5-4-6-12-21)27-30(40)35(18-10-16-32(26,27)41-31)24-14-8-7-13-23(24)33/h4-16,22,25-27,37H,3,17-20H2,1-2H3/t22-,25-,26+,27?,31+,32+/m1/s1. The first-order valence-corrected chi connectivity index (χ1v) is 14.5. The van der Waals surface area contributed by atoms with E-state index in [1.54, 1.807) is 41.1 Å². The summed E-state index contributed by atoms with van der Waals surface area (Å²) in [6, 6.07) is 14.8. The third kappa shape index (κ3) is 4.15. The number of amides is 3. The molecule has 0 saturated carbocycles. The number of anilines is 1. The van der Waals surface area contributed by atoms with Crippen molar-refractivity contribution in [3.63, 3.8) is 0 Å². The molecule has 1 unspecified atom stereocenters. The predicted molar refractivity (Wildman–Crippen MR) is 155 cm³/mol. The number of aliphatic hydroxyl groups excluding tert-OH is 1. The molecule has 0 radical (unpaired) electrons. The fourth-order valence-electron chi connectivity index (χ4n) is 7.24.